The molecule has 0 amide bonds. The molecule has 0 spiro atoms. The predicted octanol–water partition coefficient (Wildman–Crippen LogP) is 15.1. The number of esters is 3. The molecule has 0 rings (SSSR count). The summed E-state index contributed by atoms with van der Waals surface area (Å²) in [6.07, 6.45) is 52.3. The van der Waals surface area contributed by atoms with Crippen LogP contribution in [0.4, 0.5) is 0 Å². The van der Waals surface area contributed by atoms with Crippen molar-refractivity contribution in [1.82, 2.24) is 0 Å². The van der Waals surface area contributed by atoms with Gasteiger partial charge in [-0.3, -0.25) is 14.4 Å². The molecule has 0 saturated carbocycles. The molecule has 0 aromatic rings. The highest BCUT2D eigenvalue weighted by Crippen LogP contribution is 2.14. The molecular weight excluding hydrogens is 697 g/mol. The highest BCUT2D eigenvalue weighted by molar-refractivity contribution is 5.71. The molecule has 0 heterocycles. The molecule has 324 valence electrons. The molecule has 0 radical (unpaired) electrons. The van der Waals surface area contributed by atoms with Gasteiger partial charge >= 0.3 is 17.9 Å². The molecular formula is C50H88O6. The maximum Gasteiger partial charge on any atom is 0.306 e. The minimum Gasteiger partial charge on any atom is -0.462 e. The summed E-state index contributed by atoms with van der Waals surface area (Å²) in [7, 11) is 0. The van der Waals surface area contributed by atoms with Gasteiger partial charge in [0.15, 0.2) is 6.10 Å². The fraction of sp³-hybridized carbons (Fsp3) is 0.780. The molecule has 6 nitrogen and oxygen atoms in total. The van der Waals surface area contributed by atoms with Gasteiger partial charge in [0.05, 0.1) is 0 Å². The Bertz CT molecular complexity index is 996. The second kappa shape index (κ2) is 45.1. The number of hydrogen-bond donors (Lipinski definition) is 0. The summed E-state index contributed by atoms with van der Waals surface area (Å²) in [6, 6.07) is 0. The van der Waals surface area contributed by atoms with Gasteiger partial charge in [0.1, 0.15) is 13.2 Å². The standard InChI is InChI=1S/C50H88O6/c1-4-7-10-13-16-19-22-24-25-26-29-31-34-37-40-43-49(52)55-46-47(45-54-48(51)42-39-36-33-30-27-21-18-15-12-9-6-3)56-50(53)44-41-38-35-32-28-23-20-17-14-11-8-5-2/h8,11,16-17,19-20,22,24,47H,4-7,9-10,12-15,18,21,23,25-46H2,1-3H3/b11-8-,19-16-,20-17-,24-22-. The van der Waals surface area contributed by atoms with Gasteiger partial charge in [0.2, 0.25) is 0 Å². The zero-order valence-electron chi connectivity index (χ0n) is 36.9. The third kappa shape index (κ3) is 42.5. The summed E-state index contributed by atoms with van der Waals surface area (Å²) in [5.74, 6) is -0.908. The van der Waals surface area contributed by atoms with E-state index >= 15 is 0 Å². The molecule has 0 aliphatic heterocycles. The summed E-state index contributed by atoms with van der Waals surface area (Å²) in [5, 5.41) is 0. The van der Waals surface area contributed by atoms with Crippen molar-refractivity contribution in [3.63, 3.8) is 0 Å². The van der Waals surface area contributed by atoms with Crippen molar-refractivity contribution in [1.29, 1.82) is 0 Å². The van der Waals surface area contributed by atoms with Crippen LogP contribution in [0.3, 0.4) is 0 Å². The summed E-state index contributed by atoms with van der Waals surface area (Å²) in [4.78, 5) is 37.8. The Hall–Kier alpha value is -2.63. The molecule has 0 fully saturated rings. The van der Waals surface area contributed by atoms with E-state index in [1.807, 2.05) is 0 Å². The molecule has 0 aliphatic carbocycles. The third-order valence-electron chi connectivity index (χ3n) is 10.1. The SMILES string of the molecule is CC/C=C\C/C=C\CCCCCCCC(=O)OC(COC(=O)CCCCCCCC/C=C\C=C/CCCCC)COC(=O)CCCCCCCCCCCCC. The summed E-state index contributed by atoms with van der Waals surface area (Å²) in [6.45, 7) is 6.46. The summed E-state index contributed by atoms with van der Waals surface area (Å²) >= 11 is 0. The lowest BCUT2D eigenvalue weighted by Crippen LogP contribution is -2.30. The Labute approximate surface area is 346 Å². The topological polar surface area (TPSA) is 78.9 Å². The predicted molar refractivity (Wildman–Crippen MR) is 238 cm³/mol. The van der Waals surface area contributed by atoms with Crippen molar-refractivity contribution in [3.8, 4) is 0 Å². The maximum absolute atomic E-state index is 12.7. The van der Waals surface area contributed by atoms with Crippen molar-refractivity contribution in [2.24, 2.45) is 0 Å². The molecule has 1 atom stereocenters. The zero-order valence-corrected chi connectivity index (χ0v) is 36.9. The molecule has 0 aromatic carbocycles. The Morgan fingerprint density at radius 1 is 0.393 bits per heavy atom. The number of hydrogen-bond acceptors (Lipinski definition) is 6. The van der Waals surface area contributed by atoms with Gasteiger partial charge in [-0.2, -0.15) is 0 Å². The first kappa shape index (κ1) is 53.4. The first-order chi connectivity index (χ1) is 27.5. The van der Waals surface area contributed by atoms with Crippen molar-refractivity contribution >= 4 is 17.9 Å². The normalized spacial score (nSPS) is 12.4. The van der Waals surface area contributed by atoms with Crippen LogP contribution in [0.5, 0.6) is 0 Å². The monoisotopic (exact) mass is 785 g/mol. The largest absolute Gasteiger partial charge is 0.462 e. The molecule has 0 N–H and O–H groups in total. The second-order valence-corrected chi connectivity index (χ2v) is 15.7. The van der Waals surface area contributed by atoms with E-state index in [0.29, 0.717) is 19.3 Å². The Morgan fingerprint density at radius 2 is 0.750 bits per heavy atom. The van der Waals surface area contributed by atoms with Gasteiger partial charge in [0, 0.05) is 19.3 Å². The molecule has 0 saturated heterocycles. The van der Waals surface area contributed by atoms with Crippen LogP contribution in [0.25, 0.3) is 0 Å². The van der Waals surface area contributed by atoms with E-state index in [4.69, 9.17) is 14.2 Å². The minimum absolute atomic E-state index is 0.0813. The Balaban J connectivity index is 4.39. The quantitative estimate of drug-likeness (QED) is 0.0202. The molecule has 0 bridgehead atoms. The third-order valence-corrected chi connectivity index (χ3v) is 10.1. The van der Waals surface area contributed by atoms with E-state index in [2.05, 4.69) is 69.4 Å². The van der Waals surface area contributed by atoms with Gasteiger partial charge in [0.25, 0.3) is 0 Å². The maximum atomic E-state index is 12.7. The van der Waals surface area contributed by atoms with E-state index in [9.17, 15) is 14.4 Å². The van der Waals surface area contributed by atoms with Crippen molar-refractivity contribution in [2.45, 2.75) is 239 Å². The van der Waals surface area contributed by atoms with Crippen LogP contribution in [-0.4, -0.2) is 37.2 Å². The molecule has 56 heavy (non-hydrogen) atoms. The van der Waals surface area contributed by atoms with Gasteiger partial charge in [-0.15, -0.1) is 0 Å². The Morgan fingerprint density at radius 3 is 1.21 bits per heavy atom. The van der Waals surface area contributed by atoms with Gasteiger partial charge < -0.3 is 14.2 Å². The molecule has 1 unspecified atom stereocenters. The van der Waals surface area contributed by atoms with Crippen LogP contribution in [0.1, 0.15) is 233 Å². The average Bonchev–Trinajstić information content (AvgIpc) is 3.19. The van der Waals surface area contributed by atoms with Crippen LogP contribution < -0.4 is 0 Å². The van der Waals surface area contributed by atoms with Crippen LogP contribution in [0.2, 0.25) is 0 Å². The highest BCUT2D eigenvalue weighted by atomic mass is 16.6. The number of carbonyl (C=O) groups excluding carboxylic acids is 3. The van der Waals surface area contributed by atoms with Gasteiger partial charge in [-0.05, 0) is 70.6 Å². The molecule has 6 heteroatoms. The van der Waals surface area contributed by atoms with Gasteiger partial charge in [-0.25, -0.2) is 0 Å². The van der Waals surface area contributed by atoms with E-state index < -0.39 is 6.10 Å². The van der Waals surface area contributed by atoms with Gasteiger partial charge in [-0.1, -0.05) is 191 Å². The van der Waals surface area contributed by atoms with E-state index in [0.717, 1.165) is 96.3 Å². The number of rotatable bonds is 42. The highest BCUT2D eigenvalue weighted by Gasteiger charge is 2.19. The lowest BCUT2D eigenvalue weighted by atomic mass is 10.1. The summed E-state index contributed by atoms with van der Waals surface area (Å²) in [5.41, 5.74) is 0. The molecule has 0 aliphatic rings. The number of unbranched alkanes of at least 4 members (excludes halogenated alkanes) is 24. The Kier molecular flexibility index (Phi) is 43.0. The van der Waals surface area contributed by atoms with E-state index in [1.54, 1.807) is 0 Å². The van der Waals surface area contributed by atoms with Crippen molar-refractivity contribution in [3.05, 3.63) is 48.6 Å². The van der Waals surface area contributed by atoms with Crippen molar-refractivity contribution in [2.75, 3.05) is 13.2 Å². The number of ether oxygens (including phenoxy) is 3. The fourth-order valence-corrected chi connectivity index (χ4v) is 6.53. The van der Waals surface area contributed by atoms with Crippen LogP contribution in [-0.2, 0) is 28.6 Å². The van der Waals surface area contributed by atoms with Crippen LogP contribution in [0, 0.1) is 0 Å². The van der Waals surface area contributed by atoms with E-state index in [-0.39, 0.29) is 31.1 Å². The lowest BCUT2D eigenvalue weighted by molar-refractivity contribution is -0.167. The average molecular weight is 785 g/mol. The molecule has 0 aromatic heterocycles. The number of carbonyl (C=O) groups is 3. The first-order valence-corrected chi connectivity index (χ1v) is 23.7. The zero-order chi connectivity index (χ0) is 40.8. The lowest BCUT2D eigenvalue weighted by Gasteiger charge is -2.18. The minimum atomic E-state index is -0.780. The van der Waals surface area contributed by atoms with E-state index in [1.165, 1.54) is 96.3 Å². The number of allylic oxidation sites excluding steroid dienone is 8. The second-order valence-electron chi connectivity index (χ2n) is 15.7. The summed E-state index contributed by atoms with van der Waals surface area (Å²) < 4.78 is 16.7. The fourth-order valence-electron chi connectivity index (χ4n) is 6.53. The van der Waals surface area contributed by atoms with Crippen molar-refractivity contribution < 1.29 is 28.6 Å². The first-order valence-electron chi connectivity index (χ1n) is 23.7. The van der Waals surface area contributed by atoms with Crippen LogP contribution >= 0.6 is 0 Å². The smallest absolute Gasteiger partial charge is 0.306 e. The van der Waals surface area contributed by atoms with Crippen LogP contribution in [0.15, 0.2) is 48.6 Å².